The van der Waals surface area contributed by atoms with Gasteiger partial charge in [-0.3, -0.25) is 0 Å². The van der Waals surface area contributed by atoms with Gasteiger partial charge < -0.3 is 0 Å². The van der Waals surface area contributed by atoms with Crippen molar-refractivity contribution in [3.63, 3.8) is 0 Å². The summed E-state index contributed by atoms with van der Waals surface area (Å²) >= 11 is -3.31. The monoisotopic (exact) mass is 662 g/mol. The molecule has 0 radical (unpaired) electrons. The van der Waals surface area contributed by atoms with E-state index in [-0.39, 0.29) is 5.41 Å². The standard InChI is InChI=1S/C24H25N2O.C2H6.2ClH.Tl/c1-24(2,3)22-16-10-11-19(17-25)23(22)27-18-26(20-12-6-4-7-13-20)21-14-8-5-9-15-21;1-2;;;/h4-18,25H,1-3H3;1-2H3;2*1H;/q;;;;+2/p-2. The fourth-order valence-electron chi connectivity index (χ4n) is 3.35. The molecule has 6 heteroatoms. The number of ether oxygens (including phenoxy) is 1. The molecule has 0 aliphatic rings. The molecule has 1 unspecified atom stereocenters. The number of hydrogen-bond donors (Lipinski definition) is 1. The first-order chi connectivity index (χ1) is 15.3. The van der Waals surface area contributed by atoms with E-state index >= 15 is 0 Å². The molecule has 0 aliphatic heterocycles. The van der Waals surface area contributed by atoms with E-state index in [4.69, 9.17) is 26.8 Å². The first-order valence-electron chi connectivity index (χ1n) is 10.8. The Morgan fingerprint density at radius 2 is 1.34 bits per heavy atom. The van der Waals surface area contributed by atoms with E-state index in [1.165, 1.54) is 6.21 Å². The summed E-state index contributed by atoms with van der Waals surface area (Å²) in [6, 6.07) is 25.9. The number of para-hydroxylation sites is 3. The molecule has 168 valence electrons. The molecule has 0 fully saturated rings. The molecule has 0 amide bonds. The Morgan fingerprint density at radius 3 is 1.75 bits per heavy atom. The molecule has 32 heavy (non-hydrogen) atoms. The van der Waals surface area contributed by atoms with E-state index in [9.17, 15) is 0 Å². The van der Waals surface area contributed by atoms with Crippen LogP contribution in [0.25, 0.3) is 0 Å². The average Bonchev–Trinajstić information content (AvgIpc) is 2.80. The Labute approximate surface area is 207 Å². The van der Waals surface area contributed by atoms with Crippen LogP contribution in [0.1, 0.15) is 45.7 Å². The van der Waals surface area contributed by atoms with Crippen LogP contribution in [-0.2, 0) is 5.41 Å². The van der Waals surface area contributed by atoms with Gasteiger partial charge in [0.2, 0.25) is 0 Å². The van der Waals surface area contributed by atoms with E-state index in [2.05, 4.69) is 25.7 Å². The van der Waals surface area contributed by atoms with Crippen molar-refractivity contribution in [1.82, 2.24) is 0 Å². The van der Waals surface area contributed by atoms with Crippen molar-refractivity contribution < 1.29 is 4.74 Å². The van der Waals surface area contributed by atoms with Crippen molar-refractivity contribution in [1.29, 1.82) is 5.41 Å². The number of anilines is 2. The Morgan fingerprint density at radius 1 is 0.844 bits per heavy atom. The van der Waals surface area contributed by atoms with Crippen molar-refractivity contribution in [2.24, 2.45) is 0 Å². The third-order valence-corrected chi connectivity index (χ3v) is 11.9. The quantitative estimate of drug-likeness (QED) is 0.158. The SMILES string of the molecule is CC.CC(C)(C)c1cccc(C=N)c1O[CH](N(c1ccccc1)c1ccccc1)[Tl]([Cl])[Cl]. The van der Waals surface area contributed by atoms with Crippen molar-refractivity contribution in [2.45, 2.75) is 43.8 Å². The van der Waals surface area contributed by atoms with Gasteiger partial charge in [-0.25, -0.2) is 0 Å². The summed E-state index contributed by atoms with van der Waals surface area (Å²) in [4.78, 5) is 2.08. The fraction of sp³-hybridized carbons (Fsp3) is 0.269. The Hall–Kier alpha value is -1.57. The summed E-state index contributed by atoms with van der Waals surface area (Å²) in [6.07, 6.45) is 1.32. The van der Waals surface area contributed by atoms with E-state index in [0.29, 0.717) is 5.75 Å². The summed E-state index contributed by atoms with van der Waals surface area (Å²) in [5.74, 6) is 0.674. The molecule has 3 rings (SSSR count). The number of nitrogens with one attached hydrogen (secondary N) is 1. The van der Waals surface area contributed by atoms with Gasteiger partial charge in [0, 0.05) is 0 Å². The average molecular weight is 663 g/mol. The molecule has 1 N–H and O–H groups in total. The number of nitrogens with zero attached hydrogens (tertiary/aromatic N) is 1. The van der Waals surface area contributed by atoms with Gasteiger partial charge in [-0.2, -0.15) is 0 Å². The first kappa shape index (κ1) is 26.7. The summed E-state index contributed by atoms with van der Waals surface area (Å²) < 4.78 is 6.15. The molecule has 3 nitrogen and oxygen atoms in total. The van der Waals surface area contributed by atoms with Gasteiger partial charge in [0.1, 0.15) is 0 Å². The van der Waals surface area contributed by atoms with Crippen LogP contribution in [0.15, 0.2) is 78.9 Å². The molecular formula is C26H31Cl2N2OTl. The molecule has 0 bridgehead atoms. The molecule has 0 aromatic heterocycles. The fourth-order valence-corrected chi connectivity index (χ4v) is 9.37. The number of benzene rings is 3. The number of hydrogen-bond acceptors (Lipinski definition) is 3. The normalized spacial score (nSPS) is 11.6. The van der Waals surface area contributed by atoms with Crippen molar-refractivity contribution in [3.05, 3.63) is 90.0 Å². The predicted octanol–water partition coefficient (Wildman–Crippen LogP) is 8.06. The maximum atomic E-state index is 7.91. The second-order valence-corrected chi connectivity index (χ2v) is 23.0. The maximum absolute atomic E-state index is 7.91. The van der Waals surface area contributed by atoms with E-state index in [0.717, 1.165) is 22.5 Å². The van der Waals surface area contributed by atoms with Gasteiger partial charge in [-0.05, 0) is 0 Å². The second kappa shape index (κ2) is 12.6. The summed E-state index contributed by atoms with van der Waals surface area (Å²) in [5, 5.41) is 7.91. The summed E-state index contributed by atoms with van der Waals surface area (Å²) in [6.45, 7) is 10.4. The van der Waals surface area contributed by atoms with Crippen LogP contribution in [-0.4, -0.2) is 30.3 Å². The van der Waals surface area contributed by atoms with E-state index in [1.807, 2.05) is 92.7 Å². The molecule has 3 aromatic rings. The second-order valence-electron chi connectivity index (χ2n) is 8.00. The molecule has 1 atom stereocenters. The predicted molar refractivity (Wildman–Crippen MR) is 141 cm³/mol. The Kier molecular flexibility index (Phi) is 10.5. The third-order valence-electron chi connectivity index (χ3n) is 4.79. The summed E-state index contributed by atoms with van der Waals surface area (Å²) in [5.41, 5.74) is 3.51. The zero-order valence-electron chi connectivity index (χ0n) is 19.3. The van der Waals surface area contributed by atoms with Crippen LogP contribution >= 0.6 is 16.6 Å². The zero-order valence-corrected chi connectivity index (χ0v) is 25.3. The molecule has 0 aliphatic carbocycles. The van der Waals surface area contributed by atoms with Gasteiger partial charge in [0.15, 0.2) is 0 Å². The third kappa shape index (κ3) is 6.72. The van der Waals surface area contributed by atoms with Gasteiger partial charge in [0.25, 0.3) is 0 Å². The van der Waals surface area contributed by atoms with Crippen molar-refractivity contribution in [3.8, 4) is 5.75 Å². The molecule has 0 heterocycles. The Balaban J connectivity index is 0.00000176. The van der Waals surface area contributed by atoms with Crippen molar-refractivity contribution >= 4 is 54.5 Å². The number of halogens is 2. The number of rotatable bonds is 7. The Bertz CT molecular complexity index is 937. The minimum atomic E-state index is -3.31. The molecule has 3 aromatic carbocycles. The van der Waals surface area contributed by atoms with Crippen LogP contribution in [0.4, 0.5) is 11.4 Å². The van der Waals surface area contributed by atoms with Crippen molar-refractivity contribution in [2.75, 3.05) is 4.90 Å². The van der Waals surface area contributed by atoms with Crippen LogP contribution in [0.5, 0.6) is 5.75 Å². The molecule has 0 spiro atoms. The van der Waals surface area contributed by atoms with Crippen LogP contribution in [0, 0.1) is 5.41 Å². The minimum absolute atomic E-state index is 0.158. The summed E-state index contributed by atoms with van der Waals surface area (Å²) in [7, 11) is 13.4. The van der Waals surface area contributed by atoms with Crippen LogP contribution in [0.3, 0.4) is 0 Å². The van der Waals surface area contributed by atoms with Gasteiger partial charge in [-0.1, -0.05) is 13.8 Å². The first-order valence-corrected chi connectivity index (χ1v) is 24.5. The van der Waals surface area contributed by atoms with E-state index in [1.54, 1.807) is 0 Å². The molecule has 0 saturated carbocycles. The van der Waals surface area contributed by atoms with Gasteiger partial charge in [0.05, 0.1) is 0 Å². The topological polar surface area (TPSA) is 36.3 Å². The van der Waals surface area contributed by atoms with Gasteiger partial charge >= 0.3 is 195 Å². The zero-order chi connectivity index (χ0) is 23.7. The van der Waals surface area contributed by atoms with Crippen LogP contribution < -0.4 is 9.64 Å². The molecular weight excluding hydrogens is 632 g/mol. The molecule has 0 saturated heterocycles. The van der Waals surface area contributed by atoms with Gasteiger partial charge in [-0.15, -0.1) is 0 Å². The van der Waals surface area contributed by atoms with Crippen LogP contribution in [0.2, 0.25) is 0 Å². The van der Waals surface area contributed by atoms with E-state index < -0.39 is 24.0 Å².